The van der Waals surface area contributed by atoms with Gasteiger partial charge in [-0.2, -0.15) is 0 Å². The zero-order valence-corrected chi connectivity index (χ0v) is 8.46. The number of thiazole rings is 1. The Morgan fingerprint density at radius 3 is 2.36 bits per heavy atom. The molecule has 0 saturated heterocycles. The maximum absolute atomic E-state index is 4.55. The summed E-state index contributed by atoms with van der Waals surface area (Å²) in [6.45, 7) is 8.71. The second-order valence-corrected chi connectivity index (χ2v) is 4.35. The highest BCUT2D eigenvalue weighted by Gasteiger charge is 2.08. The van der Waals surface area contributed by atoms with Crippen LogP contribution in [0.25, 0.3) is 0 Å². The van der Waals surface area contributed by atoms with Crippen LogP contribution in [0, 0.1) is 6.92 Å². The van der Waals surface area contributed by atoms with Gasteiger partial charge in [0, 0.05) is 4.88 Å². The van der Waals surface area contributed by atoms with Gasteiger partial charge in [0.1, 0.15) is 0 Å². The lowest BCUT2D eigenvalue weighted by Gasteiger charge is -1.99. The molecule has 0 amide bonds. The fourth-order valence-corrected chi connectivity index (χ4v) is 2.18. The minimum Gasteiger partial charge on any atom is -0.246 e. The second-order valence-electron chi connectivity index (χ2n) is 3.06. The van der Waals surface area contributed by atoms with E-state index in [1.54, 1.807) is 0 Å². The average molecular weight is 169 g/mol. The summed E-state index contributed by atoms with van der Waals surface area (Å²) in [6.07, 6.45) is 1.07. The molecular formula is C9H15NS. The van der Waals surface area contributed by atoms with Gasteiger partial charge in [-0.25, -0.2) is 4.98 Å². The van der Waals surface area contributed by atoms with Crippen molar-refractivity contribution in [2.45, 2.75) is 40.0 Å². The fraction of sp³-hybridized carbons (Fsp3) is 0.667. The summed E-state index contributed by atoms with van der Waals surface area (Å²) in [4.78, 5) is 5.93. The van der Waals surface area contributed by atoms with Gasteiger partial charge < -0.3 is 0 Å². The van der Waals surface area contributed by atoms with Crippen molar-refractivity contribution < 1.29 is 0 Å². The number of aryl methyl sites for hydroxylation is 2. The molecule has 1 rings (SSSR count). The summed E-state index contributed by atoms with van der Waals surface area (Å²) in [6, 6.07) is 0. The Kier molecular flexibility index (Phi) is 2.66. The van der Waals surface area contributed by atoms with Gasteiger partial charge in [0.15, 0.2) is 0 Å². The topological polar surface area (TPSA) is 12.9 Å². The van der Waals surface area contributed by atoms with Crippen LogP contribution in [0.15, 0.2) is 0 Å². The van der Waals surface area contributed by atoms with Crippen LogP contribution in [0.5, 0.6) is 0 Å². The van der Waals surface area contributed by atoms with Crippen molar-refractivity contribution in [1.82, 2.24) is 4.98 Å². The monoisotopic (exact) mass is 169 g/mol. The molecule has 0 aromatic carbocycles. The maximum atomic E-state index is 4.55. The van der Waals surface area contributed by atoms with Crippen LogP contribution in [0.1, 0.15) is 42.3 Å². The van der Waals surface area contributed by atoms with Crippen LogP contribution in [-0.4, -0.2) is 4.98 Å². The lowest BCUT2D eigenvalue weighted by Crippen LogP contribution is -1.90. The molecule has 1 aromatic rings. The fourth-order valence-electron chi connectivity index (χ4n) is 1.15. The first-order chi connectivity index (χ1) is 5.15. The Labute approximate surface area is 72.5 Å². The van der Waals surface area contributed by atoms with Gasteiger partial charge >= 0.3 is 0 Å². The number of nitrogens with zero attached hydrogens (tertiary/aromatic N) is 1. The highest BCUT2D eigenvalue weighted by Crippen LogP contribution is 2.23. The van der Waals surface area contributed by atoms with Crippen molar-refractivity contribution in [3.8, 4) is 0 Å². The highest BCUT2D eigenvalue weighted by molar-refractivity contribution is 7.11. The molecule has 1 heterocycles. The molecule has 0 spiro atoms. The molecule has 0 unspecified atom stereocenters. The zero-order chi connectivity index (χ0) is 8.43. The Morgan fingerprint density at radius 1 is 1.45 bits per heavy atom. The van der Waals surface area contributed by atoms with E-state index in [0.717, 1.165) is 6.42 Å². The van der Waals surface area contributed by atoms with Gasteiger partial charge in [0.05, 0.1) is 10.7 Å². The molecule has 11 heavy (non-hydrogen) atoms. The molecule has 62 valence electrons. The number of hydrogen-bond donors (Lipinski definition) is 0. The van der Waals surface area contributed by atoms with E-state index in [1.807, 2.05) is 11.3 Å². The molecule has 0 saturated carbocycles. The van der Waals surface area contributed by atoms with Crippen LogP contribution in [0.2, 0.25) is 0 Å². The number of rotatable bonds is 2. The molecule has 1 aromatic heterocycles. The normalized spacial score (nSPS) is 11.0. The third kappa shape index (κ3) is 1.80. The number of hydrogen-bond acceptors (Lipinski definition) is 2. The van der Waals surface area contributed by atoms with Crippen molar-refractivity contribution in [1.29, 1.82) is 0 Å². The van der Waals surface area contributed by atoms with Crippen molar-refractivity contribution >= 4 is 11.3 Å². The van der Waals surface area contributed by atoms with E-state index < -0.39 is 0 Å². The van der Waals surface area contributed by atoms with E-state index in [4.69, 9.17) is 0 Å². The molecule has 2 heteroatoms. The molecule has 0 aliphatic rings. The Balaban J connectivity index is 2.97. The maximum Gasteiger partial charge on any atom is 0.0928 e. The van der Waals surface area contributed by atoms with E-state index in [-0.39, 0.29) is 0 Å². The summed E-state index contributed by atoms with van der Waals surface area (Å²) in [5, 5.41) is 1.27. The van der Waals surface area contributed by atoms with Gasteiger partial charge in [-0.05, 0) is 19.3 Å². The Morgan fingerprint density at radius 2 is 2.09 bits per heavy atom. The Hall–Kier alpha value is -0.370. The largest absolute Gasteiger partial charge is 0.246 e. The number of aromatic nitrogens is 1. The molecular weight excluding hydrogens is 154 g/mol. The first-order valence-electron chi connectivity index (χ1n) is 4.11. The first kappa shape index (κ1) is 8.72. The summed E-state index contributed by atoms with van der Waals surface area (Å²) in [7, 11) is 0. The predicted molar refractivity (Wildman–Crippen MR) is 50.3 cm³/mol. The van der Waals surface area contributed by atoms with Gasteiger partial charge in [0.2, 0.25) is 0 Å². The molecule has 0 bridgehead atoms. The summed E-state index contributed by atoms with van der Waals surface area (Å²) < 4.78 is 0. The van der Waals surface area contributed by atoms with E-state index >= 15 is 0 Å². The second kappa shape index (κ2) is 3.35. The molecule has 0 fully saturated rings. The third-order valence-electron chi connectivity index (χ3n) is 1.73. The summed E-state index contributed by atoms with van der Waals surface area (Å²) in [5.74, 6) is 0.576. The first-order valence-corrected chi connectivity index (χ1v) is 4.93. The van der Waals surface area contributed by atoms with Gasteiger partial charge in [0.25, 0.3) is 0 Å². The zero-order valence-electron chi connectivity index (χ0n) is 7.64. The van der Waals surface area contributed by atoms with Crippen molar-refractivity contribution in [2.75, 3.05) is 0 Å². The van der Waals surface area contributed by atoms with Gasteiger partial charge in [-0.1, -0.05) is 20.8 Å². The quantitative estimate of drug-likeness (QED) is 0.662. The molecule has 0 N–H and O–H groups in total. The summed E-state index contributed by atoms with van der Waals surface area (Å²) >= 11 is 1.83. The van der Waals surface area contributed by atoms with E-state index in [9.17, 15) is 0 Å². The van der Waals surface area contributed by atoms with Crippen LogP contribution in [-0.2, 0) is 6.42 Å². The standard InChI is InChI=1S/C9H15NS/c1-5-8-10-9(6(2)3)7(4)11-8/h6H,5H2,1-4H3. The van der Waals surface area contributed by atoms with Gasteiger partial charge in [-0.15, -0.1) is 11.3 Å². The SMILES string of the molecule is CCc1nc(C(C)C)c(C)s1. The smallest absolute Gasteiger partial charge is 0.0928 e. The average Bonchev–Trinajstić information content (AvgIpc) is 2.30. The molecule has 0 aliphatic heterocycles. The lowest BCUT2D eigenvalue weighted by atomic mass is 10.1. The van der Waals surface area contributed by atoms with Crippen molar-refractivity contribution in [2.24, 2.45) is 0 Å². The van der Waals surface area contributed by atoms with Crippen LogP contribution >= 0.6 is 11.3 Å². The summed E-state index contributed by atoms with van der Waals surface area (Å²) in [5.41, 5.74) is 1.28. The minimum atomic E-state index is 0.576. The van der Waals surface area contributed by atoms with Crippen molar-refractivity contribution in [3.05, 3.63) is 15.6 Å². The minimum absolute atomic E-state index is 0.576. The van der Waals surface area contributed by atoms with Crippen LogP contribution in [0.4, 0.5) is 0 Å². The Bertz CT molecular complexity index is 238. The molecule has 1 nitrogen and oxygen atoms in total. The van der Waals surface area contributed by atoms with Crippen LogP contribution < -0.4 is 0 Å². The van der Waals surface area contributed by atoms with Crippen LogP contribution in [0.3, 0.4) is 0 Å². The highest BCUT2D eigenvalue weighted by atomic mass is 32.1. The van der Waals surface area contributed by atoms with Crippen molar-refractivity contribution in [3.63, 3.8) is 0 Å². The third-order valence-corrected chi connectivity index (χ3v) is 2.86. The van der Waals surface area contributed by atoms with Gasteiger partial charge in [-0.3, -0.25) is 0 Å². The molecule has 0 radical (unpaired) electrons. The predicted octanol–water partition coefficient (Wildman–Crippen LogP) is 3.14. The van der Waals surface area contributed by atoms with E-state index in [1.165, 1.54) is 15.6 Å². The van der Waals surface area contributed by atoms with E-state index in [0.29, 0.717) is 5.92 Å². The van der Waals surface area contributed by atoms with E-state index in [2.05, 4.69) is 32.7 Å². The lowest BCUT2D eigenvalue weighted by molar-refractivity contribution is 0.816. The molecule has 0 aliphatic carbocycles. The molecule has 0 atom stereocenters.